The Morgan fingerprint density at radius 2 is 2.25 bits per heavy atom. The van der Waals surface area contributed by atoms with Gasteiger partial charge in [-0.3, -0.25) is 4.79 Å². The third-order valence-electron chi connectivity index (χ3n) is 4.13. The average Bonchev–Trinajstić information content (AvgIpc) is 3.12. The molecule has 3 rings (SSSR count). The van der Waals surface area contributed by atoms with Crippen molar-refractivity contribution in [2.75, 3.05) is 26.3 Å². The Morgan fingerprint density at radius 3 is 3.04 bits per heavy atom. The molecule has 5 nitrogen and oxygen atoms in total. The first-order valence-electron chi connectivity index (χ1n) is 8.10. The highest BCUT2D eigenvalue weighted by molar-refractivity contribution is 5.93. The van der Waals surface area contributed by atoms with E-state index in [0.29, 0.717) is 37.1 Å². The predicted molar refractivity (Wildman–Crippen MR) is 90.2 cm³/mol. The van der Waals surface area contributed by atoms with Crippen LogP contribution in [0.15, 0.2) is 40.9 Å². The highest BCUT2D eigenvalue weighted by atomic mass is 16.5. The molecular weight excluding hydrogens is 304 g/mol. The second-order valence-corrected chi connectivity index (χ2v) is 5.92. The van der Waals surface area contributed by atoms with E-state index in [1.165, 1.54) is 0 Å². The minimum Gasteiger partial charge on any atom is -0.368 e. The SMILES string of the molecule is C#CCOCC1CCCN(C(=O)c2cc(-c3ccccc3)on2)C1. The number of piperidine rings is 1. The number of terminal acetylenes is 1. The van der Waals surface area contributed by atoms with E-state index in [-0.39, 0.29) is 5.91 Å². The van der Waals surface area contributed by atoms with Crippen LogP contribution in [-0.4, -0.2) is 42.3 Å². The molecule has 1 amide bonds. The van der Waals surface area contributed by atoms with Crippen LogP contribution in [0.3, 0.4) is 0 Å². The van der Waals surface area contributed by atoms with E-state index < -0.39 is 0 Å². The van der Waals surface area contributed by atoms with E-state index in [0.717, 1.165) is 24.9 Å². The number of aromatic nitrogens is 1. The number of hydrogen-bond donors (Lipinski definition) is 0. The number of nitrogens with zero attached hydrogens (tertiary/aromatic N) is 2. The second-order valence-electron chi connectivity index (χ2n) is 5.92. The monoisotopic (exact) mass is 324 g/mol. The molecule has 1 aliphatic heterocycles. The summed E-state index contributed by atoms with van der Waals surface area (Å²) in [5, 5.41) is 3.94. The third kappa shape index (κ3) is 3.84. The number of carbonyl (C=O) groups is 1. The Bertz CT molecular complexity index is 718. The molecule has 0 saturated carbocycles. The lowest BCUT2D eigenvalue weighted by molar-refractivity contribution is 0.0526. The number of likely N-dealkylation sites (tertiary alicyclic amines) is 1. The normalized spacial score (nSPS) is 17.5. The zero-order chi connectivity index (χ0) is 16.8. The molecule has 1 aromatic carbocycles. The fourth-order valence-electron chi connectivity index (χ4n) is 2.95. The molecule has 0 N–H and O–H groups in total. The zero-order valence-corrected chi connectivity index (χ0v) is 13.5. The quantitative estimate of drug-likeness (QED) is 0.627. The molecule has 1 aliphatic rings. The van der Waals surface area contributed by atoms with Crippen LogP contribution in [0.4, 0.5) is 0 Å². The molecule has 1 saturated heterocycles. The average molecular weight is 324 g/mol. The Balaban J connectivity index is 1.64. The van der Waals surface area contributed by atoms with Crippen LogP contribution in [-0.2, 0) is 4.74 Å². The van der Waals surface area contributed by atoms with Gasteiger partial charge in [0.2, 0.25) is 0 Å². The van der Waals surface area contributed by atoms with E-state index >= 15 is 0 Å². The van der Waals surface area contributed by atoms with Crippen LogP contribution in [0.1, 0.15) is 23.3 Å². The van der Waals surface area contributed by atoms with Crippen molar-refractivity contribution >= 4 is 5.91 Å². The van der Waals surface area contributed by atoms with Crippen molar-refractivity contribution in [2.45, 2.75) is 12.8 Å². The third-order valence-corrected chi connectivity index (χ3v) is 4.13. The van der Waals surface area contributed by atoms with Gasteiger partial charge in [-0.15, -0.1) is 6.42 Å². The summed E-state index contributed by atoms with van der Waals surface area (Å²) in [6.07, 6.45) is 7.19. The molecule has 0 aliphatic carbocycles. The van der Waals surface area contributed by atoms with Crippen molar-refractivity contribution in [2.24, 2.45) is 5.92 Å². The van der Waals surface area contributed by atoms with Crippen molar-refractivity contribution in [1.82, 2.24) is 10.1 Å². The highest BCUT2D eigenvalue weighted by Gasteiger charge is 2.26. The molecule has 1 unspecified atom stereocenters. The fraction of sp³-hybridized carbons (Fsp3) is 0.368. The molecular formula is C19H20N2O3. The van der Waals surface area contributed by atoms with Crippen LogP contribution in [0, 0.1) is 18.3 Å². The Morgan fingerprint density at radius 1 is 1.42 bits per heavy atom. The summed E-state index contributed by atoms with van der Waals surface area (Å²) in [6.45, 7) is 2.30. The summed E-state index contributed by atoms with van der Waals surface area (Å²) in [4.78, 5) is 14.5. The molecule has 0 spiro atoms. The number of carbonyl (C=O) groups excluding carboxylic acids is 1. The molecule has 0 radical (unpaired) electrons. The predicted octanol–water partition coefficient (Wildman–Crippen LogP) is 2.84. The summed E-state index contributed by atoms with van der Waals surface area (Å²) in [5.74, 6) is 3.28. The molecule has 2 aromatic rings. The lowest BCUT2D eigenvalue weighted by Crippen LogP contribution is -2.41. The summed E-state index contributed by atoms with van der Waals surface area (Å²) >= 11 is 0. The van der Waals surface area contributed by atoms with Crippen molar-refractivity contribution in [1.29, 1.82) is 0 Å². The lowest BCUT2D eigenvalue weighted by atomic mass is 9.98. The largest absolute Gasteiger partial charge is 0.368 e. The summed E-state index contributed by atoms with van der Waals surface area (Å²) in [5.41, 5.74) is 1.25. The van der Waals surface area contributed by atoms with Crippen LogP contribution in [0.5, 0.6) is 0 Å². The Labute approximate surface area is 141 Å². The molecule has 5 heteroatoms. The van der Waals surface area contributed by atoms with Crippen molar-refractivity contribution in [3.05, 3.63) is 42.1 Å². The van der Waals surface area contributed by atoms with Gasteiger partial charge in [0.05, 0.1) is 6.61 Å². The zero-order valence-electron chi connectivity index (χ0n) is 13.5. The van der Waals surface area contributed by atoms with E-state index in [1.54, 1.807) is 6.07 Å². The summed E-state index contributed by atoms with van der Waals surface area (Å²) in [7, 11) is 0. The minimum absolute atomic E-state index is 0.0948. The standard InChI is InChI=1S/C19H20N2O3/c1-2-11-23-14-15-7-6-10-21(13-15)19(22)17-12-18(24-20-17)16-8-4-3-5-9-16/h1,3-5,8-9,12,15H,6-7,10-11,13-14H2. The van der Waals surface area contributed by atoms with E-state index in [1.807, 2.05) is 35.2 Å². The molecule has 24 heavy (non-hydrogen) atoms. The number of amides is 1. The Kier molecular flexibility index (Phi) is 5.29. The fourth-order valence-corrected chi connectivity index (χ4v) is 2.95. The van der Waals surface area contributed by atoms with Gasteiger partial charge in [-0.1, -0.05) is 41.4 Å². The number of hydrogen-bond acceptors (Lipinski definition) is 4. The number of benzene rings is 1. The van der Waals surface area contributed by atoms with Gasteiger partial charge in [0.25, 0.3) is 5.91 Å². The molecule has 0 bridgehead atoms. The minimum atomic E-state index is -0.0948. The molecule has 124 valence electrons. The van der Waals surface area contributed by atoms with Gasteiger partial charge in [-0.2, -0.15) is 0 Å². The summed E-state index contributed by atoms with van der Waals surface area (Å²) < 4.78 is 10.7. The van der Waals surface area contributed by atoms with Crippen LogP contribution in [0.25, 0.3) is 11.3 Å². The van der Waals surface area contributed by atoms with Gasteiger partial charge in [-0.05, 0) is 12.8 Å². The second kappa shape index (κ2) is 7.80. The first kappa shape index (κ1) is 16.3. The van der Waals surface area contributed by atoms with E-state index in [9.17, 15) is 4.79 Å². The number of rotatable bonds is 5. The van der Waals surface area contributed by atoms with Gasteiger partial charge in [0.1, 0.15) is 6.61 Å². The molecule has 1 aromatic heterocycles. The topological polar surface area (TPSA) is 55.6 Å². The Hall–Kier alpha value is -2.58. The maximum Gasteiger partial charge on any atom is 0.276 e. The van der Waals surface area contributed by atoms with Gasteiger partial charge < -0.3 is 14.2 Å². The molecule has 1 fully saturated rings. The van der Waals surface area contributed by atoms with Gasteiger partial charge in [-0.25, -0.2) is 0 Å². The van der Waals surface area contributed by atoms with Crippen LogP contribution < -0.4 is 0 Å². The smallest absolute Gasteiger partial charge is 0.276 e. The van der Waals surface area contributed by atoms with Gasteiger partial charge in [0.15, 0.2) is 11.5 Å². The molecule has 1 atom stereocenters. The van der Waals surface area contributed by atoms with Gasteiger partial charge in [0, 0.05) is 30.6 Å². The first-order chi connectivity index (χ1) is 11.8. The van der Waals surface area contributed by atoms with Crippen molar-refractivity contribution in [3.63, 3.8) is 0 Å². The summed E-state index contributed by atoms with van der Waals surface area (Å²) in [6, 6.07) is 11.3. The number of ether oxygens (including phenoxy) is 1. The highest BCUT2D eigenvalue weighted by Crippen LogP contribution is 2.22. The van der Waals surface area contributed by atoms with E-state index in [2.05, 4.69) is 11.1 Å². The van der Waals surface area contributed by atoms with Crippen LogP contribution in [0.2, 0.25) is 0 Å². The van der Waals surface area contributed by atoms with Crippen molar-refractivity contribution < 1.29 is 14.1 Å². The lowest BCUT2D eigenvalue weighted by Gasteiger charge is -2.31. The van der Waals surface area contributed by atoms with Crippen molar-refractivity contribution in [3.8, 4) is 23.7 Å². The van der Waals surface area contributed by atoms with Gasteiger partial charge >= 0.3 is 0 Å². The molecule has 2 heterocycles. The maximum absolute atomic E-state index is 12.7. The maximum atomic E-state index is 12.7. The van der Waals surface area contributed by atoms with E-state index in [4.69, 9.17) is 15.7 Å². The van der Waals surface area contributed by atoms with Crippen LogP contribution >= 0.6 is 0 Å². The first-order valence-corrected chi connectivity index (χ1v) is 8.10.